The number of amidine groups is 1. The van der Waals surface area contributed by atoms with Crippen LogP contribution < -0.4 is 9.47 Å². The fourth-order valence-corrected chi connectivity index (χ4v) is 5.13. The fraction of sp³-hybridized carbons (Fsp3) is 0.435. The first-order valence-corrected chi connectivity index (χ1v) is 11.5. The number of nitrogens with zero attached hydrogens (tertiary/aromatic N) is 3. The fourth-order valence-electron chi connectivity index (χ4n) is 4.17. The van der Waals surface area contributed by atoms with E-state index >= 15 is 0 Å². The summed E-state index contributed by atoms with van der Waals surface area (Å²) in [6.45, 7) is 4.00. The summed E-state index contributed by atoms with van der Waals surface area (Å²) in [5.74, 6) is 0.736. The number of hydrogen-bond donors (Lipinski definition) is 0. The molecule has 0 spiro atoms. The third kappa shape index (κ3) is 4.45. The zero-order valence-electron chi connectivity index (χ0n) is 19.1. The minimum Gasteiger partial charge on any atom is -0.497 e. The van der Waals surface area contributed by atoms with Gasteiger partial charge in [0, 0.05) is 24.4 Å². The van der Waals surface area contributed by atoms with Gasteiger partial charge in [0.2, 0.25) is 5.91 Å². The lowest BCUT2D eigenvalue weighted by Crippen LogP contribution is -2.42. The number of methoxy groups -OCH3 is 3. The Balaban J connectivity index is 1.77. The quantitative estimate of drug-likeness (QED) is 0.583. The van der Waals surface area contributed by atoms with E-state index in [1.807, 2.05) is 16.4 Å². The Labute approximate surface area is 197 Å². The van der Waals surface area contributed by atoms with Crippen molar-refractivity contribution < 1.29 is 28.5 Å². The maximum atomic E-state index is 13.0. The molecule has 0 saturated carbocycles. The highest BCUT2D eigenvalue weighted by atomic mass is 32.2. The summed E-state index contributed by atoms with van der Waals surface area (Å²) < 4.78 is 21.6. The second-order valence-electron chi connectivity index (χ2n) is 7.66. The lowest BCUT2D eigenvalue weighted by molar-refractivity contribution is -0.136. The van der Waals surface area contributed by atoms with E-state index in [-0.39, 0.29) is 12.3 Å². The van der Waals surface area contributed by atoms with E-state index in [0.717, 1.165) is 11.3 Å². The minimum atomic E-state index is -0.589. The Bertz CT molecular complexity index is 1040. The average Bonchev–Trinajstić information content (AvgIpc) is 3.24. The summed E-state index contributed by atoms with van der Waals surface area (Å²) in [5.41, 5.74) is 2.43. The standard InChI is InChI=1S/C23H27N3O6S/c1-14-20(22(28)31-4)21(17-12-16(29-2)5-6-18(17)30-3)26-15(13-33-23(26)24-14)11-19(27)25-7-9-32-10-8-25/h5-6,12-13,21H,7-11H2,1-4H3. The Morgan fingerprint density at radius 1 is 1.18 bits per heavy atom. The second kappa shape index (κ2) is 9.88. The van der Waals surface area contributed by atoms with Gasteiger partial charge in [-0.2, -0.15) is 0 Å². The van der Waals surface area contributed by atoms with Crippen molar-refractivity contribution in [2.45, 2.75) is 19.4 Å². The van der Waals surface area contributed by atoms with Gasteiger partial charge in [0.1, 0.15) is 11.5 Å². The van der Waals surface area contributed by atoms with E-state index in [9.17, 15) is 9.59 Å². The van der Waals surface area contributed by atoms with Crippen LogP contribution in [0.3, 0.4) is 0 Å². The van der Waals surface area contributed by atoms with Crippen LogP contribution in [0.4, 0.5) is 0 Å². The molecule has 0 aromatic heterocycles. The minimum absolute atomic E-state index is 0.00801. The molecule has 176 valence electrons. The number of carbonyl (C=O) groups excluding carboxylic acids is 2. The van der Waals surface area contributed by atoms with E-state index in [1.165, 1.54) is 18.9 Å². The highest BCUT2D eigenvalue weighted by molar-refractivity contribution is 8.16. The molecule has 33 heavy (non-hydrogen) atoms. The number of rotatable bonds is 6. The molecule has 1 amide bonds. The first-order valence-electron chi connectivity index (χ1n) is 10.6. The van der Waals surface area contributed by atoms with Gasteiger partial charge in [-0.15, -0.1) is 0 Å². The molecule has 1 saturated heterocycles. The normalized spacial score (nSPS) is 20.2. The van der Waals surface area contributed by atoms with Crippen LogP contribution in [-0.4, -0.2) is 74.5 Å². The highest BCUT2D eigenvalue weighted by Crippen LogP contribution is 2.47. The van der Waals surface area contributed by atoms with Gasteiger partial charge in [0.05, 0.1) is 58.3 Å². The molecule has 10 heteroatoms. The Kier molecular flexibility index (Phi) is 6.94. The Hall–Kier alpha value is -2.98. The van der Waals surface area contributed by atoms with Crippen molar-refractivity contribution >= 4 is 28.8 Å². The molecule has 1 aromatic carbocycles. The number of thioether (sulfide) groups is 1. The zero-order valence-corrected chi connectivity index (χ0v) is 19.9. The number of ether oxygens (including phenoxy) is 4. The van der Waals surface area contributed by atoms with E-state index in [2.05, 4.69) is 4.99 Å². The van der Waals surface area contributed by atoms with Crippen LogP contribution in [0, 0.1) is 0 Å². The summed E-state index contributed by atoms with van der Waals surface area (Å²) >= 11 is 1.43. The van der Waals surface area contributed by atoms with Crippen molar-refractivity contribution in [3.8, 4) is 11.5 Å². The Morgan fingerprint density at radius 2 is 1.94 bits per heavy atom. The SMILES string of the molecule is COC(=O)C1=C(C)N=C2SC=C(CC(=O)N3CCOCC3)N2C1c1cc(OC)ccc1OC. The number of morpholine rings is 1. The molecule has 1 atom stereocenters. The number of amides is 1. The van der Waals surface area contributed by atoms with Crippen molar-refractivity contribution in [3.63, 3.8) is 0 Å². The summed E-state index contributed by atoms with van der Waals surface area (Å²) in [7, 11) is 4.51. The number of esters is 1. The molecule has 3 aliphatic rings. The van der Waals surface area contributed by atoms with Crippen molar-refractivity contribution in [3.05, 3.63) is 46.1 Å². The predicted octanol–water partition coefficient (Wildman–Crippen LogP) is 2.70. The average molecular weight is 474 g/mol. The third-order valence-corrected chi connectivity index (χ3v) is 6.72. The maximum Gasteiger partial charge on any atom is 0.338 e. The molecule has 0 N–H and O–H groups in total. The summed E-state index contributed by atoms with van der Waals surface area (Å²) in [6, 6.07) is 4.85. The van der Waals surface area contributed by atoms with Crippen LogP contribution >= 0.6 is 11.8 Å². The molecular weight excluding hydrogens is 446 g/mol. The van der Waals surface area contributed by atoms with Crippen LogP contribution in [-0.2, 0) is 19.1 Å². The van der Waals surface area contributed by atoms with Crippen LogP contribution in [0.2, 0.25) is 0 Å². The molecule has 4 rings (SSSR count). The first-order chi connectivity index (χ1) is 16.0. The van der Waals surface area contributed by atoms with Gasteiger partial charge >= 0.3 is 5.97 Å². The van der Waals surface area contributed by atoms with E-state index in [1.54, 1.807) is 38.2 Å². The van der Waals surface area contributed by atoms with Gasteiger partial charge in [0.25, 0.3) is 0 Å². The molecule has 0 radical (unpaired) electrons. The summed E-state index contributed by atoms with van der Waals surface area (Å²) in [4.78, 5) is 34.3. The van der Waals surface area contributed by atoms with Gasteiger partial charge in [-0.25, -0.2) is 9.79 Å². The van der Waals surface area contributed by atoms with Crippen molar-refractivity contribution in [1.82, 2.24) is 9.80 Å². The van der Waals surface area contributed by atoms with E-state index < -0.39 is 12.0 Å². The van der Waals surface area contributed by atoms with Gasteiger partial charge in [-0.05, 0) is 30.5 Å². The number of benzene rings is 1. The Morgan fingerprint density at radius 3 is 2.61 bits per heavy atom. The number of carbonyl (C=O) groups is 2. The molecule has 9 nitrogen and oxygen atoms in total. The molecule has 1 unspecified atom stereocenters. The number of allylic oxidation sites excluding steroid dienone is 1. The molecule has 1 aromatic rings. The van der Waals surface area contributed by atoms with E-state index in [0.29, 0.717) is 54.2 Å². The maximum absolute atomic E-state index is 13.0. The van der Waals surface area contributed by atoms with Gasteiger partial charge in [-0.1, -0.05) is 11.8 Å². The zero-order chi connectivity index (χ0) is 23.5. The van der Waals surface area contributed by atoms with Crippen LogP contribution in [0.15, 0.2) is 45.6 Å². The van der Waals surface area contributed by atoms with Crippen molar-refractivity contribution in [2.75, 3.05) is 47.6 Å². The molecule has 3 aliphatic heterocycles. The predicted molar refractivity (Wildman–Crippen MR) is 124 cm³/mol. The molecule has 0 bridgehead atoms. The van der Waals surface area contributed by atoms with Crippen LogP contribution in [0.5, 0.6) is 11.5 Å². The monoisotopic (exact) mass is 473 g/mol. The number of aliphatic imine (C=N–C) groups is 1. The van der Waals surface area contributed by atoms with Crippen molar-refractivity contribution in [2.24, 2.45) is 4.99 Å². The molecular formula is C23H27N3O6S. The van der Waals surface area contributed by atoms with Gasteiger partial charge < -0.3 is 28.7 Å². The smallest absolute Gasteiger partial charge is 0.338 e. The molecule has 0 aliphatic carbocycles. The van der Waals surface area contributed by atoms with Crippen LogP contribution in [0.25, 0.3) is 0 Å². The lowest BCUT2D eigenvalue weighted by atomic mass is 9.92. The summed E-state index contributed by atoms with van der Waals surface area (Å²) in [6.07, 6.45) is 0.183. The van der Waals surface area contributed by atoms with Gasteiger partial charge in [-0.3, -0.25) is 4.79 Å². The molecule has 1 fully saturated rings. The highest BCUT2D eigenvalue weighted by Gasteiger charge is 2.42. The molecule has 3 heterocycles. The number of fused-ring (bicyclic) bond motifs is 1. The van der Waals surface area contributed by atoms with Gasteiger partial charge in [0.15, 0.2) is 5.17 Å². The van der Waals surface area contributed by atoms with Crippen LogP contribution in [0.1, 0.15) is 24.9 Å². The largest absolute Gasteiger partial charge is 0.497 e. The third-order valence-electron chi connectivity index (χ3n) is 5.83. The summed E-state index contributed by atoms with van der Waals surface area (Å²) in [5, 5.41) is 2.62. The second-order valence-corrected chi connectivity index (χ2v) is 8.50. The first kappa shape index (κ1) is 23.2. The van der Waals surface area contributed by atoms with E-state index in [4.69, 9.17) is 18.9 Å². The topological polar surface area (TPSA) is 89.9 Å². The van der Waals surface area contributed by atoms with Crippen molar-refractivity contribution in [1.29, 1.82) is 0 Å². The lowest BCUT2D eigenvalue weighted by Gasteiger charge is -2.37. The number of hydrogen-bond acceptors (Lipinski definition) is 9.